The summed E-state index contributed by atoms with van der Waals surface area (Å²) in [5.74, 6) is 1.23. The molecule has 7 heteroatoms. The van der Waals surface area contributed by atoms with Crippen LogP contribution in [-0.4, -0.2) is 23.9 Å². The quantitative estimate of drug-likeness (QED) is 0.542. The van der Waals surface area contributed by atoms with Crippen LogP contribution in [0.1, 0.15) is 78.7 Å². The van der Waals surface area contributed by atoms with E-state index in [2.05, 4.69) is 10.6 Å². The first-order valence-corrected chi connectivity index (χ1v) is 12.1. The summed E-state index contributed by atoms with van der Waals surface area (Å²) in [6.07, 6.45) is 12.0. The highest BCUT2D eigenvalue weighted by molar-refractivity contribution is 6.34. The highest BCUT2D eigenvalue weighted by Gasteiger charge is 2.27. The van der Waals surface area contributed by atoms with Crippen molar-refractivity contribution in [3.05, 3.63) is 52.9 Å². The monoisotopic (exact) mass is 457 g/mol. The summed E-state index contributed by atoms with van der Waals surface area (Å²) in [6, 6.07) is 8.72. The number of hydrogen-bond acceptors (Lipinski definition) is 4. The maximum atomic E-state index is 12.8. The van der Waals surface area contributed by atoms with Crippen LogP contribution in [0.4, 0.5) is 5.69 Å². The molecule has 4 N–H and O–H groups in total. The van der Waals surface area contributed by atoms with Crippen LogP contribution >= 0.6 is 11.6 Å². The van der Waals surface area contributed by atoms with E-state index in [0.717, 1.165) is 24.7 Å². The number of carbonyl (C=O) groups is 2. The molecule has 2 fully saturated rings. The maximum Gasteiger partial charge on any atom is 0.291 e. The predicted octanol–water partition coefficient (Wildman–Crippen LogP) is 5.38. The molecule has 2 aromatic rings. The molecule has 0 saturated heterocycles. The van der Waals surface area contributed by atoms with Gasteiger partial charge in [0, 0.05) is 17.6 Å². The second-order valence-electron chi connectivity index (χ2n) is 9.33. The van der Waals surface area contributed by atoms with Gasteiger partial charge in [0.2, 0.25) is 0 Å². The maximum absolute atomic E-state index is 12.8. The van der Waals surface area contributed by atoms with E-state index in [4.69, 9.17) is 21.8 Å². The van der Waals surface area contributed by atoms with Gasteiger partial charge in [-0.3, -0.25) is 9.59 Å². The Morgan fingerprint density at radius 1 is 0.969 bits per heavy atom. The molecular formula is C25H32ClN3O3. The molecule has 1 aromatic carbocycles. The standard InChI is InChI=1S/C25H32ClN3O3/c26-21-12-7-18(15-22(21)29-25(31)23-2-1-13-32-23)24(30)28-20-10-5-17(6-11-20)14-16-3-8-19(27)9-4-16/h1-2,7,12-13,15-17,19-20H,3-6,8-11,14,27H2,(H,28,30)(H,29,31). The minimum absolute atomic E-state index is 0.139. The summed E-state index contributed by atoms with van der Waals surface area (Å²) < 4.78 is 5.11. The second-order valence-corrected chi connectivity index (χ2v) is 9.74. The molecule has 2 aliphatic carbocycles. The number of benzene rings is 1. The fourth-order valence-electron chi connectivity index (χ4n) is 5.06. The van der Waals surface area contributed by atoms with Gasteiger partial charge in [-0.25, -0.2) is 0 Å². The van der Waals surface area contributed by atoms with E-state index in [-0.39, 0.29) is 17.7 Å². The van der Waals surface area contributed by atoms with Crippen molar-refractivity contribution in [1.29, 1.82) is 0 Å². The lowest BCUT2D eigenvalue weighted by Crippen LogP contribution is -2.38. The zero-order valence-electron chi connectivity index (χ0n) is 18.3. The SMILES string of the molecule is NC1CCC(CC2CCC(NC(=O)c3ccc(Cl)c(NC(=O)c4ccco4)c3)CC2)CC1. The molecule has 0 radical (unpaired) electrons. The average Bonchev–Trinajstić information content (AvgIpc) is 3.33. The summed E-state index contributed by atoms with van der Waals surface area (Å²) >= 11 is 6.22. The van der Waals surface area contributed by atoms with Crippen LogP contribution in [0.2, 0.25) is 5.02 Å². The summed E-state index contributed by atoms with van der Waals surface area (Å²) in [4.78, 5) is 25.1. The molecule has 0 atom stereocenters. The number of carbonyl (C=O) groups excluding carboxylic acids is 2. The number of hydrogen-bond donors (Lipinski definition) is 3. The predicted molar refractivity (Wildman–Crippen MR) is 126 cm³/mol. The number of nitrogens with one attached hydrogen (secondary N) is 2. The number of furan rings is 1. The zero-order chi connectivity index (χ0) is 22.5. The Morgan fingerprint density at radius 2 is 1.66 bits per heavy atom. The van der Waals surface area contributed by atoms with E-state index >= 15 is 0 Å². The smallest absolute Gasteiger partial charge is 0.291 e. The molecule has 0 aliphatic heterocycles. The molecule has 172 valence electrons. The topological polar surface area (TPSA) is 97.4 Å². The molecule has 2 saturated carbocycles. The summed E-state index contributed by atoms with van der Waals surface area (Å²) in [5.41, 5.74) is 6.90. The number of halogens is 1. The van der Waals surface area contributed by atoms with Gasteiger partial charge in [-0.05, 0) is 100.0 Å². The zero-order valence-corrected chi connectivity index (χ0v) is 19.1. The van der Waals surface area contributed by atoms with Gasteiger partial charge in [0.15, 0.2) is 5.76 Å². The van der Waals surface area contributed by atoms with Gasteiger partial charge in [0.1, 0.15) is 0 Å². The average molecular weight is 458 g/mol. The van der Waals surface area contributed by atoms with Crippen LogP contribution in [0.5, 0.6) is 0 Å². The van der Waals surface area contributed by atoms with Crippen LogP contribution in [0, 0.1) is 11.8 Å². The first-order chi connectivity index (χ1) is 15.5. The number of nitrogens with two attached hydrogens (primary N) is 1. The summed E-state index contributed by atoms with van der Waals surface area (Å²) in [6.45, 7) is 0. The van der Waals surface area contributed by atoms with E-state index in [1.165, 1.54) is 51.2 Å². The molecular weight excluding hydrogens is 426 g/mol. The third-order valence-corrected chi connectivity index (χ3v) is 7.29. The Labute approximate surface area is 194 Å². The molecule has 6 nitrogen and oxygen atoms in total. The Kier molecular flexibility index (Phi) is 7.53. The fraction of sp³-hybridized carbons (Fsp3) is 0.520. The first-order valence-electron chi connectivity index (χ1n) is 11.7. The molecule has 2 aliphatic rings. The van der Waals surface area contributed by atoms with E-state index in [0.29, 0.717) is 22.3 Å². The lowest BCUT2D eigenvalue weighted by Gasteiger charge is -2.33. The number of rotatable bonds is 6. The summed E-state index contributed by atoms with van der Waals surface area (Å²) in [7, 11) is 0. The van der Waals surface area contributed by atoms with Gasteiger partial charge < -0.3 is 20.8 Å². The minimum atomic E-state index is -0.410. The fourth-order valence-corrected chi connectivity index (χ4v) is 5.23. The van der Waals surface area contributed by atoms with Crippen LogP contribution in [0.15, 0.2) is 41.0 Å². The molecule has 0 bridgehead atoms. The third kappa shape index (κ3) is 5.93. The van der Waals surface area contributed by atoms with Gasteiger partial charge in [-0.1, -0.05) is 11.6 Å². The second kappa shape index (κ2) is 10.5. The van der Waals surface area contributed by atoms with Crippen molar-refractivity contribution in [3.63, 3.8) is 0 Å². The molecule has 0 unspecified atom stereocenters. The lowest BCUT2D eigenvalue weighted by atomic mass is 9.76. The largest absolute Gasteiger partial charge is 0.459 e. The van der Waals surface area contributed by atoms with E-state index in [1.54, 1.807) is 30.3 Å². The minimum Gasteiger partial charge on any atom is -0.459 e. The Balaban J connectivity index is 1.27. The number of amides is 2. The van der Waals surface area contributed by atoms with Crippen molar-refractivity contribution < 1.29 is 14.0 Å². The van der Waals surface area contributed by atoms with Crippen molar-refractivity contribution in [2.45, 2.75) is 69.9 Å². The highest BCUT2D eigenvalue weighted by atomic mass is 35.5. The number of anilines is 1. The molecule has 1 heterocycles. The van der Waals surface area contributed by atoms with Crippen LogP contribution < -0.4 is 16.4 Å². The van der Waals surface area contributed by atoms with Crippen molar-refractivity contribution in [2.24, 2.45) is 17.6 Å². The third-order valence-electron chi connectivity index (χ3n) is 6.96. The van der Waals surface area contributed by atoms with Crippen molar-refractivity contribution in [1.82, 2.24) is 5.32 Å². The molecule has 2 amide bonds. The Hall–Kier alpha value is -2.31. The summed E-state index contributed by atoms with van der Waals surface area (Å²) in [5, 5.41) is 6.24. The van der Waals surface area contributed by atoms with Gasteiger partial charge in [0.25, 0.3) is 11.8 Å². The Bertz CT molecular complexity index is 915. The van der Waals surface area contributed by atoms with Gasteiger partial charge in [-0.15, -0.1) is 0 Å². The highest BCUT2D eigenvalue weighted by Crippen LogP contribution is 2.35. The van der Waals surface area contributed by atoms with Crippen LogP contribution in [0.3, 0.4) is 0 Å². The van der Waals surface area contributed by atoms with Crippen molar-refractivity contribution in [2.75, 3.05) is 5.32 Å². The van der Waals surface area contributed by atoms with Gasteiger partial charge in [-0.2, -0.15) is 0 Å². The van der Waals surface area contributed by atoms with E-state index in [9.17, 15) is 9.59 Å². The van der Waals surface area contributed by atoms with Gasteiger partial charge >= 0.3 is 0 Å². The molecule has 32 heavy (non-hydrogen) atoms. The van der Waals surface area contributed by atoms with Crippen LogP contribution in [-0.2, 0) is 0 Å². The lowest BCUT2D eigenvalue weighted by molar-refractivity contribution is 0.0917. The van der Waals surface area contributed by atoms with Crippen molar-refractivity contribution in [3.8, 4) is 0 Å². The van der Waals surface area contributed by atoms with E-state index in [1.807, 2.05) is 0 Å². The first kappa shape index (κ1) is 22.9. The molecule has 4 rings (SSSR count). The van der Waals surface area contributed by atoms with Gasteiger partial charge in [0.05, 0.1) is 17.0 Å². The molecule has 1 aromatic heterocycles. The molecule has 0 spiro atoms. The Morgan fingerprint density at radius 3 is 2.31 bits per heavy atom. The van der Waals surface area contributed by atoms with Crippen molar-refractivity contribution >= 4 is 29.1 Å². The normalized spacial score (nSPS) is 25.8. The van der Waals surface area contributed by atoms with Crippen LogP contribution in [0.25, 0.3) is 0 Å². The van der Waals surface area contributed by atoms with E-state index < -0.39 is 5.91 Å².